The molecule has 0 spiro atoms. The van der Waals surface area contributed by atoms with E-state index in [0.717, 1.165) is 24.8 Å². The summed E-state index contributed by atoms with van der Waals surface area (Å²) in [5.74, 6) is -0.0688. The number of allylic oxidation sites excluding steroid dienone is 5. The van der Waals surface area contributed by atoms with E-state index in [1.54, 1.807) is 6.08 Å². The monoisotopic (exact) mass is 275 g/mol. The first-order valence-corrected chi connectivity index (χ1v) is 7.54. The van der Waals surface area contributed by atoms with Crippen molar-refractivity contribution in [3.8, 4) is 0 Å². The van der Waals surface area contributed by atoms with Crippen molar-refractivity contribution in [2.45, 2.75) is 46.0 Å². The number of hydrogen-bond donors (Lipinski definition) is 0. The Labute approximate surface area is 122 Å². The smallest absolute Gasteiger partial charge is 0.230 e. The molecule has 2 aliphatic rings. The molecule has 2 amide bonds. The van der Waals surface area contributed by atoms with E-state index in [9.17, 15) is 9.59 Å². The molecule has 0 aromatic rings. The highest BCUT2D eigenvalue weighted by Gasteiger charge is 2.28. The van der Waals surface area contributed by atoms with Gasteiger partial charge in [0.2, 0.25) is 11.8 Å². The Balaban J connectivity index is 0.000000956. The van der Waals surface area contributed by atoms with Crippen LogP contribution in [0.15, 0.2) is 36.5 Å². The minimum atomic E-state index is -0.0673. The van der Waals surface area contributed by atoms with E-state index in [4.69, 9.17) is 0 Å². The molecule has 0 bridgehead atoms. The van der Waals surface area contributed by atoms with E-state index in [0.29, 0.717) is 19.4 Å². The zero-order valence-corrected chi connectivity index (χ0v) is 12.6. The summed E-state index contributed by atoms with van der Waals surface area (Å²) in [5.41, 5.74) is 1.15. The molecular weight excluding hydrogens is 250 g/mol. The number of amides is 2. The van der Waals surface area contributed by atoms with Gasteiger partial charge in [-0.15, -0.1) is 6.58 Å². The Morgan fingerprint density at radius 3 is 2.70 bits per heavy atom. The molecule has 20 heavy (non-hydrogen) atoms. The van der Waals surface area contributed by atoms with Gasteiger partial charge in [-0.1, -0.05) is 38.2 Å². The van der Waals surface area contributed by atoms with Gasteiger partial charge in [-0.25, -0.2) is 0 Å². The lowest BCUT2D eigenvalue weighted by molar-refractivity contribution is -0.142. The minimum Gasteiger partial charge on any atom is -0.283 e. The number of carbonyl (C=O) groups is 2. The van der Waals surface area contributed by atoms with Gasteiger partial charge >= 0.3 is 0 Å². The quantitative estimate of drug-likeness (QED) is 0.735. The predicted molar refractivity (Wildman–Crippen MR) is 82.1 cm³/mol. The largest absolute Gasteiger partial charge is 0.283 e. The Bertz CT molecular complexity index is 421. The van der Waals surface area contributed by atoms with Crippen molar-refractivity contribution in [1.82, 2.24) is 4.90 Å². The number of rotatable bonds is 4. The maximum Gasteiger partial charge on any atom is 0.230 e. The van der Waals surface area contributed by atoms with Crippen molar-refractivity contribution in [2.75, 3.05) is 6.54 Å². The van der Waals surface area contributed by atoms with Gasteiger partial charge in [0, 0.05) is 25.3 Å². The molecule has 1 aliphatic heterocycles. The molecule has 3 nitrogen and oxygen atoms in total. The Morgan fingerprint density at radius 1 is 1.45 bits per heavy atom. The number of imide groups is 1. The first-order chi connectivity index (χ1) is 9.72. The Kier molecular flexibility index (Phi) is 6.99. The molecule has 1 unspecified atom stereocenters. The second-order valence-electron chi connectivity index (χ2n) is 4.77. The molecule has 0 radical (unpaired) electrons. The molecular formula is C17H25NO2. The molecule has 2 rings (SSSR count). The highest BCUT2D eigenvalue weighted by atomic mass is 16.2. The Morgan fingerprint density at radius 2 is 2.20 bits per heavy atom. The summed E-state index contributed by atoms with van der Waals surface area (Å²) < 4.78 is 0. The van der Waals surface area contributed by atoms with Crippen molar-refractivity contribution >= 4 is 11.8 Å². The molecule has 1 fully saturated rings. The van der Waals surface area contributed by atoms with Crippen LogP contribution in [-0.2, 0) is 9.59 Å². The lowest BCUT2D eigenvalue weighted by atomic mass is 9.91. The summed E-state index contributed by atoms with van der Waals surface area (Å²) in [6, 6.07) is 0. The zero-order valence-electron chi connectivity index (χ0n) is 12.6. The van der Waals surface area contributed by atoms with E-state index < -0.39 is 0 Å². The van der Waals surface area contributed by atoms with Gasteiger partial charge in [0.25, 0.3) is 0 Å². The SMILES string of the molecule is C=CC(CC(=O)N1CCCC1=O)C1=CCCC=C1.CC. The molecule has 0 N–H and O–H groups in total. The van der Waals surface area contributed by atoms with Crippen LogP contribution in [0.5, 0.6) is 0 Å². The van der Waals surface area contributed by atoms with Gasteiger partial charge < -0.3 is 0 Å². The van der Waals surface area contributed by atoms with Crippen LogP contribution in [0.3, 0.4) is 0 Å². The van der Waals surface area contributed by atoms with Gasteiger partial charge in [-0.2, -0.15) is 0 Å². The highest BCUT2D eigenvalue weighted by molar-refractivity contribution is 5.96. The topological polar surface area (TPSA) is 37.4 Å². The summed E-state index contributed by atoms with van der Waals surface area (Å²) in [7, 11) is 0. The summed E-state index contributed by atoms with van der Waals surface area (Å²) in [6.45, 7) is 8.38. The maximum atomic E-state index is 12.1. The minimum absolute atomic E-state index is 0.0300. The van der Waals surface area contributed by atoms with Crippen molar-refractivity contribution in [3.05, 3.63) is 36.5 Å². The standard InChI is InChI=1S/C15H19NO2.C2H6/c1-2-12(13-7-4-3-5-8-13)11-15(18)16-10-6-9-14(16)17;1-2/h2,4,7-8,12H,1,3,5-6,9-11H2;1-2H3. The van der Waals surface area contributed by atoms with Crippen molar-refractivity contribution in [3.63, 3.8) is 0 Å². The van der Waals surface area contributed by atoms with Crippen molar-refractivity contribution in [2.24, 2.45) is 5.92 Å². The van der Waals surface area contributed by atoms with Crippen LogP contribution in [0.25, 0.3) is 0 Å². The second kappa shape index (κ2) is 8.51. The average Bonchev–Trinajstić information content (AvgIpc) is 2.94. The van der Waals surface area contributed by atoms with Crippen LogP contribution in [0.1, 0.15) is 46.0 Å². The molecule has 1 saturated heterocycles. The van der Waals surface area contributed by atoms with Crippen LogP contribution in [0.4, 0.5) is 0 Å². The van der Waals surface area contributed by atoms with Gasteiger partial charge in [0.05, 0.1) is 0 Å². The van der Waals surface area contributed by atoms with E-state index >= 15 is 0 Å². The van der Waals surface area contributed by atoms with Gasteiger partial charge in [-0.05, 0) is 24.8 Å². The van der Waals surface area contributed by atoms with E-state index in [1.165, 1.54) is 4.90 Å². The van der Waals surface area contributed by atoms with Crippen LogP contribution in [-0.4, -0.2) is 23.3 Å². The molecule has 1 aliphatic carbocycles. The molecule has 1 heterocycles. The van der Waals surface area contributed by atoms with E-state index in [2.05, 4.69) is 24.8 Å². The number of likely N-dealkylation sites (tertiary alicyclic amines) is 1. The van der Waals surface area contributed by atoms with Gasteiger partial charge in [-0.3, -0.25) is 14.5 Å². The molecule has 0 aromatic carbocycles. The van der Waals surface area contributed by atoms with Crippen LogP contribution in [0.2, 0.25) is 0 Å². The normalized spacial score (nSPS) is 19.0. The fraction of sp³-hybridized carbons (Fsp3) is 0.529. The fourth-order valence-corrected chi connectivity index (χ4v) is 2.46. The molecule has 110 valence electrons. The number of nitrogens with zero attached hydrogens (tertiary/aromatic N) is 1. The summed E-state index contributed by atoms with van der Waals surface area (Å²) in [6.07, 6.45) is 11.9. The van der Waals surface area contributed by atoms with Gasteiger partial charge in [0.1, 0.15) is 0 Å². The van der Waals surface area contributed by atoms with Crippen LogP contribution in [0, 0.1) is 5.92 Å². The average molecular weight is 275 g/mol. The molecule has 0 saturated carbocycles. The first-order valence-electron chi connectivity index (χ1n) is 7.54. The number of hydrogen-bond acceptors (Lipinski definition) is 2. The second-order valence-corrected chi connectivity index (χ2v) is 4.77. The summed E-state index contributed by atoms with van der Waals surface area (Å²) >= 11 is 0. The predicted octanol–water partition coefficient (Wildman–Crippen LogP) is 3.63. The third kappa shape index (κ3) is 4.19. The van der Waals surface area contributed by atoms with Gasteiger partial charge in [0.15, 0.2) is 0 Å². The van der Waals surface area contributed by atoms with Crippen molar-refractivity contribution < 1.29 is 9.59 Å². The molecule has 3 heteroatoms. The van der Waals surface area contributed by atoms with E-state index in [1.807, 2.05) is 13.8 Å². The zero-order chi connectivity index (χ0) is 15.0. The lowest BCUT2D eigenvalue weighted by Gasteiger charge is -2.19. The first kappa shape index (κ1) is 16.4. The third-order valence-corrected chi connectivity index (χ3v) is 3.51. The summed E-state index contributed by atoms with van der Waals surface area (Å²) in [5, 5.41) is 0. The third-order valence-electron chi connectivity index (χ3n) is 3.51. The molecule has 0 aromatic heterocycles. The fourth-order valence-electron chi connectivity index (χ4n) is 2.46. The lowest BCUT2D eigenvalue weighted by Crippen LogP contribution is -2.33. The van der Waals surface area contributed by atoms with Crippen LogP contribution < -0.4 is 0 Å². The summed E-state index contributed by atoms with van der Waals surface area (Å²) in [4.78, 5) is 25.0. The number of carbonyl (C=O) groups excluding carboxylic acids is 2. The van der Waals surface area contributed by atoms with Crippen molar-refractivity contribution in [1.29, 1.82) is 0 Å². The van der Waals surface area contributed by atoms with E-state index in [-0.39, 0.29) is 17.7 Å². The van der Waals surface area contributed by atoms with Crippen LogP contribution >= 0.6 is 0 Å². The highest BCUT2D eigenvalue weighted by Crippen LogP contribution is 2.24. The molecule has 1 atom stereocenters. The maximum absolute atomic E-state index is 12.1. The Hall–Kier alpha value is -1.64.